The Bertz CT molecular complexity index is 505. The third-order valence-corrected chi connectivity index (χ3v) is 3.99. The molecule has 1 aromatic rings. The number of methoxy groups -OCH3 is 1. The first-order valence-corrected chi connectivity index (χ1v) is 6.68. The molecule has 1 aromatic carbocycles. The number of benzene rings is 1. The molecule has 0 aromatic heterocycles. The predicted molar refractivity (Wildman–Crippen MR) is 73.8 cm³/mol. The molecule has 20 heavy (non-hydrogen) atoms. The van der Waals surface area contributed by atoms with Crippen LogP contribution in [0.15, 0.2) is 24.3 Å². The number of hydrogen-bond donors (Lipinski definition) is 2. The average Bonchev–Trinajstić information content (AvgIpc) is 2.41. The van der Waals surface area contributed by atoms with Gasteiger partial charge in [0.25, 0.3) is 0 Å². The van der Waals surface area contributed by atoms with E-state index in [4.69, 9.17) is 4.74 Å². The number of carboxylic acids is 1. The second-order valence-corrected chi connectivity index (χ2v) is 5.22. The lowest BCUT2D eigenvalue weighted by molar-refractivity contribution is -0.152. The van der Waals surface area contributed by atoms with Gasteiger partial charge in [-0.05, 0) is 43.9 Å². The van der Waals surface area contributed by atoms with Crippen LogP contribution in [0, 0.1) is 0 Å². The van der Waals surface area contributed by atoms with Crippen LogP contribution in [0.1, 0.15) is 37.7 Å². The van der Waals surface area contributed by atoms with Crippen LogP contribution in [0.2, 0.25) is 0 Å². The van der Waals surface area contributed by atoms with E-state index in [1.165, 1.54) is 0 Å². The van der Waals surface area contributed by atoms with Gasteiger partial charge in [-0.25, -0.2) is 4.79 Å². The molecule has 0 aliphatic heterocycles. The topological polar surface area (TPSA) is 75.6 Å². The van der Waals surface area contributed by atoms with Gasteiger partial charge in [0.2, 0.25) is 5.91 Å². The first-order valence-electron chi connectivity index (χ1n) is 6.68. The van der Waals surface area contributed by atoms with Gasteiger partial charge in [-0.2, -0.15) is 0 Å². The quantitative estimate of drug-likeness (QED) is 0.862. The maximum absolute atomic E-state index is 12.2. The molecule has 2 rings (SSSR count). The fourth-order valence-electron chi connectivity index (χ4n) is 2.31. The van der Waals surface area contributed by atoms with Crippen molar-refractivity contribution in [2.75, 3.05) is 7.11 Å². The molecule has 1 aliphatic carbocycles. The highest BCUT2D eigenvalue weighted by Crippen LogP contribution is 2.33. The number of carbonyl (C=O) groups excluding carboxylic acids is 1. The minimum Gasteiger partial charge on any atom is -0.497 e. The van der Waals surface area contributed by atoms with Gasteiger partial charge >= 0.3 is 5.97 Å². The summed E-state index contributed by atoms with van der Waals surface area (Å²) in [5, 5.41) is 11.9. The minimum atomic E-state index is -1.06. The van der Waals surface area contributed by atoms with Crippen LogP contribution in [0.5, 0.6) is 5.75 Å². The summed E-state index contributed by atoms with van der Waals surface area (Å²) in [5.74, 6) is -0.864. The monoisotopic (exact) mass is 277 g/mol. The highest BCUT2D eigenvalue weighted by Gasteiger charge is 2.46. The molecule has 1 unspecified atom stereocenters. The van der Waals surface area contributed by atoms with Gasteiger partial charge in [-0.15, -0.1) is 0 Å². The first kappa shape index (κ1) is 14.4. The van der Waals surface area contributed by atoms with Crippen molar-refractivity contribution in [1.29, 1.82) is 0 Å². The number of nitrogens with one attached hydrogen (secondary N) is 1. The number of aliphatic carboxylic acids is 1. The third kappa shape index (κ3) is 2.61. The smallest absolute Gasteiger partial charge is 0.329 e. The maximum atomic E-state index is 12.2. The summed E-state index contributed by atoms with van der Waals surface area (Å²) in [7, 11) is 1.58. The summed E-state index contributed by atoms with van der Waals surface area (Å²) in [5.41, 5.74) is -0.221. The average molecular weight is 277 g/mol. The van der Waals surface area contributed by atoms with Gasteiger partial charge in [0.05, 0.1) is 13.0 Å². The van der Waals surface area contributed by atoms with Crippen LogP contribution in [0.4, 0.5) is 0 Å². The second kappa shape index (κ2) is 5.53. The third-order valence-electron chi connectivity index (χ3n) is 3.99. The number of ether oxygens (including phenoxy) is 1. The van der Waals surface area contributed by atoms with E-state index in [2.05, 4.69) is 5.32 Å². The van der Waals surface area contributed by atoms with E-state index >= 15 is 0 Å². The van der Waals surface area contributed by atoms with Crippen LogP contribution in [-0.4, -0.2) is 29.6 Å². The fourth-order valence-corrected chi connectivity index (χ4v) is 2.31. The van der Waals surface area contributed by atoms with Crippen LogP contribution in [0.25, 0.3) is 0 Å². The van der Waals surface area contributed by atoms with E-state index in [0.29, 0.717) is 12.8 Å². The maximum Gasteiger partial charge on any atom is 0.329 e. The lowest BCUT2D eigenvalue weighted by Gasteiger charge is -2.38. The molecule has 0 saturated heterocycles. The van der Waals surface area contributed by atoms with Gasteiger partial charge in [0.15, 0.2) is 0 Å². The molecule has 1 saturated carbocycles. The van der Waals surface area contributed by atoms with Gasteiger partial charge < -0.3 is 15.2 Å². The molecular weight excluding hydrogens is 258 g/mol. The highest BCUT2D eigenvalue weighted by atomic mass is 16.5. The Hall–Kier alpha value is -2.04. The van der Waals surface area contributed by atoms with E-state index in [1.807, 2.05) is 12.1 Å². The fraction of sp³-hybridized carbons (Fsp3) is 0.467. The van der Waals surface area contributed by atoms with Gasteiger partial charge in [-0.3, -0.25) is 4.79 Å². The Balaban J connectivity index is 2.06. The van der Waals surface area contributed by atoms with Gasteiger partial charge in [0.1, 0.15) is 11.3 Å². The van der Waals surface area contributed by atoms with E-state index in [1.54, 1.807) is 26.2 Å². The molecule has 1 amide bonds. The molecule has 2 N–H and O–H groups in total. The van der Waals surface area contributed by atoms with Crippen molar-refractivity contribution in [3.8, 4) is 5.75 Å². The normalized spacial score (nSPS) is 17.7. The number of carboxylic acid groups (broad SMARTS) is 1. The van der Waals surface area contributed by atoms with Crippen LogP contribution in [-0.2, 0) is 9.59 Å². The van der Waals surface area contributed by atoms with Crippen molar-refractivity contribution in [2.24, 2.45) is 0 Å². The molecule has 108 valence electrons. The molecule has 5 heteroatoms. The predicted octanol–water partition coefficient (Wildman–Crippen LogP) is 1.92. The van der Waals surface area contributed by atoms with E-state index in [-0.39, 0.29) is 5.91 Å². The molecule has 1 aliphatic rings. The molecule has 0 spiro atoms. The summed E-state index contributed by atoms with van der Waals surface area (Å²) >= 11 is 0. The van der Waals surface area contributed by atoms with Crippen molar-refractivity contribution in [3.05, 3.63) is 29.8 Å². The number of amides is 1. The van der Waals surface area contributed by atoms with E-state index in [0.717, 1.165) is 17.7 Å². The zero-order valence-corrected chi connectivity index (χ0v) is 11.7. The number of rotatable bonds is 5. The lowest BCUT2D eigenvalue weighted by Crippen LogP contribution is -2.59. The lowest BCUT2D eigenvalue weighted by atomic mass is 9.76. The Labute approximate surface area is 117 Å². The minimum absolute atomic E-state index is 0.253. The van der Waals surface area contributed by atoms with Crippen LogP contribution in [0.3, 0.4) is 0 Å². The van der Waals surface area contributed by atoms with Crippen molar-refractivity contribution in [1.82, 2.24) is 5.32 Å². The van der Waals surface area contributed by atoms with Crippen LogP contribution >= 0.6 is 0 Å². The summed E-state index contributed by atoms with van der Waals surface area (Å²) < 4.78 is 5.07. The molecule has 5 nitrogen and oxygen atoms in total. The molecule has 0 heterocycles. The largest absolute Gasteiger partial charge is 0.497 e. The summed E-state index contributed by atoms with van der Waals surface area (Å²) in [4.78, 5) is 23.5. The molecule has 0 bridgehead atoms. The molecule has 1 atom stereocenters. The highest BCUT2D eigenvalue weighted by molar-refractivity contribution is 5.90. The molecule has 1 fully saturated rings. The van der Waals surface area contributed by atoms with Crippen molar-refractivity contribution in [2.45, 2.75) is 37.6 Å². The zero-order chi connectivity index (χ0) is 14.8. The van der Waals surface area contributed by atoms with E-state index < -0.39 is 17.4 Å². The van der Waals surface area contributed by atoms with E-state index in [9.17, 15) is 14.7 Å². The Morgan fingerprint density at radius 1 is 1.30 bits per heavy atom. The van der Waals surface area contributed by atoms with Gasteiger partial charge in [-0.1, -0.05) is 12.1 Å². The summed E-state index contributed by atoms with van der Waals surface area (Å²) in [6.07, 6.45) is 1.84. The number of carbonyl (C=O) groups is 2. The van der Waals surface area contributed by atoms with Crippen molar-refractivity contribution in [3.63, 3.8) is 0 Å². The number of hydrogen-bond acceptors (Lipinski definition) is 3. The molecule has 0 radical (unpaired) electrons. The first-order chi connectivity index (χ1) is 9.48. The Morgan fingerprint density at radius 2 is 1.90 bits per heavy atom. The van der Waals surface area contributed by atoms with Crippen molar-refractivity contribution < 1.29 is 19.4 Å². The zero-order valence-electron chi connectivity index (χ0n) is 11.7. The Kier molecular flexibility index (Phi) is 3.97. The Morgan fingerprint density at radius 3 is 2.30 bits per heavy atom. The van der Waals surface area contributed by atoms with Gasteiger partial charge in [0, 0.05) is 0 Å². The summed E-state index contributed by atoms with van der Waals surface area (Å²) in [6, 6.07) is 7.21. The van der Waals surface area contributed by atoms with Crippen LogP contribution < -0.4 is 10.1 Å². The SMILES string of the molecule is COc1ccc(C(C)C(=O)NC2(C(=O)O)CCC2)cc1. The van der Waals surface area contributed by atoms with Crippen molar-refractivity contribution >= 4 is 11.9 Å². The summed E-state index contributed by atoms with van der Waals surface area (Å²) in [6.45, 7) is 1.77. The second-order valence-electron chi connectivity index (χ2n) is 5.22. The molecular formula is C15H19NO4. The standard InChI is InChI=1S/C15H19NO4/c1-10(11-4-6-12(20-2)7-5-11)13(17)16-15(14(18)19)8-3-9-15/h4-7,10H,3,8-9H2,1-2H3,(H,16,17)(H,18,19).